The molecule has 1 aliphatic heterocycles. The van der Waals surface area contributed by atoms with Crippen LogP contribution in [-0.2, 0) is 16.1 Å². The van der Waals surface area contributed by atoms with Crippen LogP contribution in [0.25, 0.3) is 0 Å². The van der Waals surface area contributed by atoms with Crippen LogP contribution in [0.3, 0.4) is 0 Å². The quantitative estimate of drug-likeness (QED) is 0.562. The average Bonchev–Trinajstić information content (AvgIpc) is 2.66. The Balaban J connectivity index is 1.90. The van der Waals surface area contributed by atoms with Gasteiger partial charge in [0.05, 0.1) is 13.2 Å². The van der Waals surface area contributed by atoms with E-state index < -0.39 is 13.1 Å². The van der Waals surface area contributed by atoms with Crippen LogP contribution in [0.2, 0.25) is 0 Å². The summed E-state index contributed by atoms with van der Waals surface area (Å²) in [5.41, 5.74) is 1.68. The number of benzene rings is 1. The Morgan fingerprint density at radius 1 is 1.53 bits per heavy atom. The fraction of sp³-hybridized carbons (Fsp3) is 0.364. The van der Waals surface area contributed by atoms with Crippen molar-refractivity contribution in [1.29, 1.82) is 0 Å². The number of ether oxygens (including phenoxy) is 1. The van der Waals surface area contributed by atoms with Crippen molar-refractivity contribution in [1.82, 2.24) is 0 Å². The number of fused-ring (bicyclic) bond motifs is 1. The van der Waals surface area contributed by atoms with Crippen LogP contribution in [0, 0.1) is 0 Å². The summed E-state index contributed by atoms with van der Waals surface area (Å²) in [6.07, 6.45) is 0.558. The number of rotatable bonds is 5. The summed E-state index contributed by atoms with van der Waals surface area (Å²) in [6, 6.07) is 5.37. The largest absolute Gasteiger partial charge is 0.494 e. The molecule has 0 amide bonds. The maximum Gasteiger partial charge on any atom is 0.491 e. The molecular weight excluding hydrogens is 223 g/mol. The standard InChI is InChI=1S/C11H13BO5/c13-11(14)2-1-5-16-9-4-3-8-7-17-12(15)10(8)6-9/h3-4,6,15H,1-2,5,7H2,(H,13,14). The third-order valence-corrected chi connectivity index (χ3v) is 2.58. The third kappa shape index (κ3) is 2.98. The van der Waals surface area contributed by atoms with Crippen LogP contribution in [0.5, 0.6) is 5.75 Å². The molecule has 2 N–H and O–H groups in total. The molecule has 0 unspecified atom stereocenters. The van der Waals surface area contributed by atoms with Crippen LogP contribution in [0.4, 0.5) is 0 Å². The maximum absolute atomic E-state index is 10.3. The summed E-state index contributed by atoms with van der Waals surface area (Å²) in [7, 11) is -0.882. The topological polar surface area (TPSA) is 76.0 Å². The van der Waals surface area contributed by atoms with E-state index in [-0.39, 0.29) is 6.42 Å². The third-order valence-electron chi connectivity index (χ3n) is 2.58. The molecule has 0 atom stereocenters. The fourth-order valence-corrected chi connectivity index (χ4v) is 1.70. The first-order valence-electron chi connectivity index (χ1n) is 5.44. The second-order valence-electron chi connectivity index (χ2n) is 3.87. The molecule has 90 valence electrons. The van der Waals surface area contributed by atoms with Gasteiger partial charge in [-0.1, -0.05) is 6.07 Å². The number of carboxylic acid groups (broad SMARTS) is 1. The highest BCUT2D eigenvalue weighted by atomic mass is 16.5. The minimum absolute atomic E-state index is 0.0939. The first-order valence-corrected chi connectivity index (χ1v) is 5.44. The Morgan fingerprint density at radius 2 is 2.35 bits per heavy atom. The van der Waals surface area contributed by atoms with E-state index in [0.29, 0.717) is 25.4 Å². The Morgan fingerprint density at radius 3 is 3.12 bits per heavy atom. The molecule has 1 heterocycles. The average molecular weight is 236 g/mol. The van der Waals surface area contributed by atoms with E-state index in [4.69, 9.17) is 14.5 Å². The van der Waals surface area contributed by atoms with E-state index >= 15 is 0 Å². The molecular formula is C11H13BO5. The molecule has 5 nitrogen and oxygen atoms in total. The highest BCUT2D eigenvalue weighted by Crippen LogP contribution is 2.16. The molecule has 0 bridgehead atoms. The van der Waals surface area contributed by atoms with Crippen LogP contribution in [0.1, 0.15) is 18.4 Å². The molecule has 2 rings (SSSR count). The van der Waals surface area contributed by atoms with Gasteiger partial charge in [0.2, 0.25) is 0 Å². The normalized spacial score (nSPS) is 13.6. The zero-order valence-electron chi connectivity index (χ0n) is 9.26. The molecule has 1 aliphatic rings. The molecule has 0 saturated carbocycles. The lowest BCUT2D eigenvalue weighted by Crippen LogP contribution is -2.28. The van der Waals surface area contributed by atoms with Crippen molar-refractivity contribution in [2.75, 3.05) is 6.61 Å². The van der Waals surface area contributed by atoms with Crippen molar-refractivity contribution in [3.05, 3.63) is 23.8 Å². The first-order chi connectivity index (χ1) is 8.16. The van der Waals surface area contributed by atoms with Gasteiger partial charge in [-0.2, -0.15) is 0 Å². The Bertz CT molecular complexity index is 420. The van der Waals surface area contributed by atoms with Crippen molar-refractivity contribution >= 4 is 18.6 Å². The highest BCUT2D eigenvalue weighted by Gasteiger charge is 2.27. The van der Waals surface area contributed by atoms with Crippen molar-refractivity contribution in [3.8, 4) is 5.75 Å². The summed E-state index contributed by atoms with van der Waals surface area (Å²) in [6.45, 7) is 0.762. The summed E-state index contributed by atoms with van der Waals surface area (Å²) < 4.78 is 10.5. The summed E-state index contributed by atoms with van der Waals surface area (Å²) in [4.78, 5) is 10.3. The van der Waals surface area contributed by atoms with Crippen LogP contribution < -0.4 is 10.2 Å². The minimum atomic E-state index is -0.882. The van der Waals surface area contributed by atoms with E-state index in [9.17, 15) is 9.82 Å². The smallest absolute Gasteiger partial charge is 0.491 e. The number of hydrogen-bond donors (Lipinski definition) is 2. The van der Waals surface area contributed by atoms with Crippen LogP contribution >= 0.6 is 0 Å². The lowest BCUT2D eigenvalue weighted by molar-refractivity contribution is -0.137. The molecule has 1 aromatic rings. The number of hydrogen-bond acceptors (Lipinski definition) is 4. The van der Waals surface area contributed by atoms with Gasteiger partial charge in [-0.05, 0) is 29.6 Å². The molecule has 1 aromatic carbocycles. The number of carboxylic acids is 1. The predicted octanol–water partition coefficient (Wildman–Crippen LogP) is 0.148. The Kier molecular flexibility index (Phi) is 3.66. The second kappa shape index (κ2) is 5.20. The van der Waals surface area contributed by atoms with Gasteiger partial charge in [0.15, 0.2) is 0 Å². The predicted molar refractivity (Wildman–Crippen MR) is 61.2 cm³/mol. The zero-order chi connectivity index (χ0) is 12.3. The van der Waals surface area contributed by atoms with Crippen molar-refractivity contribution in [3.63, 3.8) is 0 Å². The number of aliphatic carboxylic acids is 1. The Labute approximate surface area is 99.1 Å². The van der Waals surface area contributed by atoms with Crippen molar-refractivity contribution in [2.24, 2.45) is 0 Å². The molecule has 0 spiro atoms. The molecule has 0 fully saturated rings. The van der Waals surface area contributed by atoms with Crippen molar-refractivity contribution < 1.29 is 24.3 Å². The molecule has 0 saturated heterocycles. The van der Waals surface area contributed by atoms with Gasteiger partial charge in [0.25, 0.3) is 0 Å². The van der Waals surface area contributed by atoms with Crippen LogP contribution in [0.15, 0.2) is 18.2 Å². The van der Waals surface area contributed by atoms with Crippen molar-refractivity contribution in [2.45, 2.75) is 19.4 Å². The highest BCUT2D eigenvalue weighted by molar-refractivity contribution is 6.61. The summed E-state index contributed by atoms with van der Waals surface area (Å²) >= 11 is 0. The van der Waals surface area contributed by atoms with Gasteiger partial charge in [-0.3, -0.25) is 4.79 Å². The first kappa shape index (κ1) is 11.9. The van der Waals surface area contributed by atoms with E-state index in [1.54, 1.807) is 12.1 Å². The van der Waals surface area contributed by atoms with Gasteiger partial charge < -0.3 is 19.5 Å². The van der Waals surface area contributed by atoms with E-state index in [2.05, 4.69) is 0 Å². The zero-order valence-corrected chi connectivity index (χ0v) is 9.26. The molecule has 6 heteroatoms. The monoisotopic (exact) mass is 236 g/mol. The fourth-order valence-electron chi connectivity index (χ4n) is 1.70. The van der Waals surface area contributed by atoms with Crippen LogP contribution in [-0.4, -0.2) is 29.8 Å². The van der Waals surface area contributed by atoms with E-state index in [1.165, 1.54) is 0 Å². The Hall–Kier alpha value is -1.53. The van der Waals surface area contributed by atoms with Gasteiger partial charge in [-0.25, -0.2) is 0 Å². The molecule has 0 aromatic heterocycles. The van der Waals surface area contributed by atoms with E-state index in [1.807, 2.05) is 6.07 Å². The molecule has 17 heavy (non-hydrogen) atoms. The molecule has 0 aliphatic carbocycles. The lowest BCUT2D eigenvalue weighted by atomic mass is 9.79. The summed E-state index contributed by atoms with van der Waals surface area (Å²) in [5, 5.41) is 18.0. The van der Waals surface area contributed by atoms with Gasteiger partial charge >= 0.3 is 13.1 Å². The maximum atomic E-state index is 10.3. The summed E-state index contributed by atoms with van der Waals surface area (Å²) in [5.74, 6) is -0.204. The number of carbonyl (C=O) groups is 1. The lowest BCUT2D eigenvalue weighted by Gasteiger charge is -2.07. The van der Waals surface area contributed by atoms with Gasteiger partial charge in [0.1, 0.15) is 5.75 Å². The second-order valence-corrected chi connectivity index (χ2v) is 3.87. The SMILES string of the molecule is O=C(O)CCCOc1ccc2c(c1)B(O)OC2. The van der Waals surface area contributed by atoms with Gasteiger partial charge in [0, 0.05) is 6.42 Å². The molecule has 0 radical (unpaired) electrons. The minimum Gasteiger partial charge on any atom is -0.494 e. The van der Waals surface area contributed by atoms with E-state index in [0.717, 1.165) is 11.0 Å². The van der Waals surface area contributed by atoms with Gasteiger partial charge in [-0.15, -0.1) is 0 Å².